The predicted molar refractivity (Wildman–Crippen MR) is 100 cm³/mol. The molecule has 2 aromatic carbocycles. The SMILES string of the molecule is CC(C)C[Si]1(CC(C)C)OC(c2ccccc2)c2c(F)c(F)c(F)c(F)c21. The zero-order chi connectivity index (χ0) is 19.9. The van der Waals surface area contributed by atoms with Gasteiger partial charge < -0.3 is 4.43 Å². The number of rotatable bonds is 5. The molecule has 0 fully saturated rings. The van der Waals surface area contributed by atoms with E-state index in [1.807, 2.05) is 27.7 Å². The van der Waals surface area contributed by atoms with Gasteiger partial charge in [-0.05, 0) is 29.5 Å². The third-order valence-electron chi connectivity index (χ3n) is 4.94. The first kappa shape index (κ1) is 20.1. The maximum Gasteiger partial charge on any atom is 0.229 e. The van der Waals surface area contributed by atoms with E-state index in [1.54, 1.807) is 30.3 Å². The van der Waals surface area contributed by atoms with Gasteiger partial charge in [-0.1, -0.05) is 58.0 Å². The van der Waals surface area contributed by atoms with Crippen LogP contribution in [0.25, 0.3) is 0 Å². The van der Waals surface area contributed by atoms with Gasteiger partial charge in [0.15, 0.2) is 23.3 Å². The second-order valence-electron chi connectivity index (χ2n) is 8.14. The first-order valence-corrected chi connectivity index (χ1v) is 11.6. The van der Waals surface area contributed by atoms with Gasteiger partial charge in [0, 0.05) is 10.8 Å². The average molecular weight is 397 g/mol. The number of benzene rings is 2. The number of halogens is 4. The van der Waals surface area contributed by atoms with Crippen LogP contribution in [-0.2, 0) is 4.43 Å². The van der Waals surface area contributed by atoms with Crippen molar-refractivity contribution >= 4 is 13.5 Å². The van der Waals surface area contributed by atoms with Crippen LogP contribution in [0.5, 0.6) is 0 Å². The average Bonchev–Trinajstić information content (AvgIpc) is 2.92. The quantitative estimate of drug-likeness (QED) is 0.268. The van der Waals surface area contributed by atoms with Crippen LogP contribution in [0.2, 0.25) is 12.1 Å². The topological polar surface area (TPSA) is 9.23 Å². The van der Waals surface area contributed by atoms with E-state index < -0.39 is 37.7 Å². The summed E-state index contributed by atoms with van der Waals surface area (Å²) in [6.45, 7) is 7.90. The van der Waals surface area contributed by atoms with Crippen LogP contribution < -0.4 is 5.19 Å². The lowest BCUT2D eigenvalue weighted by atomic mass is 10.0. The van der Waals surface area contributed by atoms with Gasteiger partial charge in [0.05, 0.1) is 6.10 Å². The van der Waals surface area contributed by atoms with Crippen LogP contribution in [0.15, 0.2) is 30.3 Å². The Morgan fingerprint density at radius 2 is 1.33 bits per heavy atom. The molecule has 0 saturated carbocycles. The minimum atomic E-state index is -3.08. The van der Waals surface area contributed by atoms with Crippen molar-refractivity contribution in [3.05, 3.63) is 64.7 Å². The Labute approximate surface area is 158 Å². The lowest BCUT2D eigenvalue weighted by Crippen LogP contribution is -2.51. The molecule has 2 aromatic rings. The van der Waals surface area contributed by atoms with Crippen molar-refractivity contribution < 1.29 is 22.0 Å². The second-order valence-corrected chi connectivity index (χ2v) is 11.7. The molecule has 1 heterocycles. The Morgan fingerprint density at radius 3 is 1.85 bits per heavy atom. The maximum absolute atomic E-state index is 15.0. The number of hydrogen-bond donors (Lipinski definition) is 0. The summed E-state index contributed by atoms with van der Waals surface area (Å²) in [6, 6.07) is 9.84. The van der Waals surface area contributed by atoms with Gasteiger partial charge in [0.25, 0.3) is 0 Å². The highest BCUT2D eigenvalue weighted by molar-refractivity contribution is 6.88. The fourth-order valence-electron chi connectivity index (χ4n) is 4.25. The van der Waals surface area contributed by atoms with E-state index in [2.05, 4.69) is 0 Å². The molecule has 0 aliphatic carbocycles. The minimum Gasteiger partial charge on any atom is -0.401 e. The molecule has 0 bridgehead atoms. The molecule has 0 saturated heterocycles. The van der Waals surface area contributed by atoms with Crippen molar-refractivity contribution in [3.63, 3.8) is 0 Å². The Kier molecular flexibility index (Phi) is 5.50. The summed E-state index contributed by atoms with van der Waals surface area (Å²) < 4.78 is 64.5. The van der Waals surface area contributed by atoms with E-state index in [0.717, 1.165) is 0 Å². The van der Waals surface area contributed by atoms with Gasteiger partial charge in [-0.3, -0.25) is 0 Å². The number of hydrogen-bond acceptors (Lipinski definition) is 1. The zero-order valence-corrected chi connectivity index (χ0v) is 17.0. The molecular formula is C21H24F4OSi. The molecule has 1 nitrogen and oxygen atoms in total. The van der Waals surface area contributed by atoms with E-state index in [1.165, 1.54) is 0 Å². The van der Waals surface area contributed by atoms with Crippen LogP contribution in [0.4, 0.5) is 17.6 Å². The normalized spacial score (nSPS) is 18.4. The molecule has 0 amide bonds. The summed E-state index contributed by atoms with van der Waals surface area (Å²) >= 11 is 0. The predicted octanol–water partition coefficient (Wildman–Crippen LogP) is 5.83. The van der Waals surface area contributed by atoms with Crippen LogP contribution in [0.1, 0.15) is 44.9 Å². The smallest absolute Gasteiger partial charge is 0.229 e. The Morgan fingerprint density at radius 1 is 0.815 bits per heavy atom. The van der Waals surface area contributed by atoms with Gasteiger partial charge in [-0.15, -0.1) is 0 Å². The van der Waals surface area contributed by atoms with Crippen LogP contribution >= 0.6 is 0 Å². The second kappa shape index (κ2) is 7.39. The molecule has 0 N–H and O–H groups in total. The Balaban J connectivity index is 2.32. The Hall–Kier alpha value is -1.66. The van der Waals surface area contributed by atoms with Crippen LogP contribution in [0.3, 0.4) is 0 Å². The first-order chi connectivity index (χ1) is 12.7. The summed E-state index contributed by atoms with van der Waals surface area (Å²) in [4.78, 5) is 0. The van der Waals surface area contributed by atoms with Crippen molar-refractivity contribution in [1.29, 1.82) is 0 Å². The third-order valence-corrected chi connectivity index (χ3v) is 9.98. The van der Waals surface area contributed by atoms with Crippen molar-refractivity contribution in [2.24, 2.45) is 11.8 Å². The Bertz CT molecular complexity index is 826. The van der Waals surface area contributed by atoms with Crippen molar-refractivity contribution in [2.75, 3.05) is 0 Å². The maximum atomic E-state index is 15.0. The largest absolute Gasteiger partial charge is 0.401 e. The van der Waals surface area contributed by atoms with Crippen LogP contribution in [-0.4, -0.2) is 8.32 Å². The lowest BCUT2D eigenvalue weighted by molar-refractivity contribution is 0.240. The molecule has 0 radical (unpaired) electrons. The van der Waals surface area contributed by atoms with Gasteiger partial charge >= 0.3 is 0 Å². The highest BCUT2D eigenvalue weighted by Crippen LogP contribution is 2.44. The molecular weight excluding hydrogens is 372 g/mol. The highest BCUT2D eigenvalue weighted by atomic mass is 28.4. The van der Waals surface area contributed by atoms with Gasteiger partial charge in [-0.2, -0.15) is 0 Å². The van der Waals surface area contributed by atoms with E-state index >= 15 is 4.39 Å². The van der Waals surface area contributed by atoms with E-state index in [9.17, 15) is 13.2 Å². The standard InChI is InChI=1S/C21H24F4OSi/c1-12(2)10-27(11-13(3)4)21-15(16(22)17(23)18(24)19(21)25)20(26-27)14-8-6-5-7-9-14/h5-9,12-13,20H,10-11H2,1-4H3. The van der Waals surface area contributed by atoms with E-state index in [0.29, 0.717) is 17.7 Å². The monoisotopic (exact) mass is 396 g/mol. The highest BCUT2D eigenvalue weighted by Gasteiger charge is 2.53. The molecule has 6 heteroatoms. The summed E-state index contributed by atoms with van der Waals surface area (Å²) in [6.07, 6.45) is -0.921. The fraction of sp³-hybridized carbons (Fsp3) is 0.429. The first-order valence-electron chi connectivity index (χ1n) is 9.27. The molecule has 27 heavy (non-hydrogen) atoms. The lowest BCUT2D eigenvalue weighted by Gasteiger charge is -2.31. The third kappa shape index (κ3) is 3.45. The summed E-state index contributed by atoms with van der Waals surface area (Å²) in [5, 5.41) is -0.0323. The van der Waals surface area contributed by atoms with Crippen molar-refractivity contribution in [3.8, 4) is 0 Å². The number of fused-ring (bicyclic) bond motifs is 1. The van der Waals surface area contributed by atoms with Gasteiger partial charge in [0.2, 0.25) is 8.32 Å². The molecule has 1 unspecified atom stereocenters. The van der Waals surface area contributed by atoms with Gasteiger partial charge in [-0.25, -0.2) is 17.6 Å². The molecule has 0 aromatic heterocycles. The zero-order valence-electron chi connectivity index (χ0n) is 16.0. The molecule has 3 rings (SSSR count). The van der Waals surface area contributed by atoms with Crippen LogP contribution in [0, 0.1) is 35.1 Å². The van der Waals surface area contributed by atoms with Crippen molar-refractivity contribution in [2.45, 2.75) is 45.9 Å². The molecule has 1 aliphatic rings. The van der Waals surface area contributed by atoms with Gasteiger partial charge in [0.1, 0.15) is 0 Å². The fourth-order valence-corrected chi connectivity index (χ4v) is 9.72. The minimum absolute atomic E-state index is 0.0323. The summed E-state index contributed by atoms with van der Waals surface area (Å²) in [5.74, 6) is -5.83. The molecule has 1 aliphatic heterocycles. The summed E-state index contributed by atoms with van der Waals surface area (Å²) in [7, 11) is -3.08. The van der Waals surface area contributed by atoms with Crippen molar-refractivity contribution in [1.82, 2.24) is 0 Å². The molecule has 146 valence electrons. The van der Waals surface area contributed by atoms with E-state index in [-0.39, 0.29) is 22.6 Å². The summed E-state index contributed by atoms with van der Waals surface area (Å²) in [5.41, 5.74) is 0.454. The van der Waals surface area contributed by atoms with E-state index in [4.69, 9.17) is 4.43 Å². The molecule has 0 spiro atoms. The molecule has 1 atom stereocenters.